The van der Waals surface area contributed by atoms with Crippen molar-refractivity contribution in [1.82, 2.24) is 15.5 Å². The first-order chi connectivity index (χ1) is 8.81. The molecule has 0 aliphatic rings. The number of aromatic nitrogens is 2. The molecule has 0 fully saturated rings. The molecule has 0 aliphatic carbocycles. The minimum Gasteiger partial charge on any atom is -0.421 e. The Balaban J connectivity index is 2.40. The van der Waals surface area contributed by atoms with E-state index in [1.54, 1.807) is 7.11 Å². The Bertz CT molecular complexity index is 317. The quantitative estimate of drug-likeness (QED) is 0.643. The molecule has 1 unspecified atom stereocenters. The van der Waals surface area contributed by atoms with Gasteiger partial charge in [-0.25, -0.2) is 0 Å². The van der Waals surface area contributed by atoms with Crippen LogP contribution in [0.15, 0.2) is 4.42 Å². The average Bonchev–Trinajstić information content (AvgIpc) is 2.84. The number of nitrogens with one attached hydrogen (secondary N) is 1. The number of hydrogen-bond acceptors (Lipinski definition) is 6. The van der Waals surface area contributed by atoms with Gasteiger partial charge in [0.2, 0.25) is 11.8 Å². The fourth-order valence-corrected chi connectivity index (χ4v) is 1.49. The summed E-state index contributed by atoms with van der Waals surface area (Å²) in [5, 5.41) is 11.4. The molecular weight excluding hydrogens is 234 g/mol. The van der Waals surface area contributed by atoms with Crippen LogP contribution < -0.4 is 5.32 Å². The number of nitrogens with zero attached hydrogens (tertiary/aromatic N) is 2. The highest BCUT2D eigenvalue weighted by Gasteiger charge is 2.15. The van der Waals surface area contributed by atoms with Crippen LogP contribution in [0.1, 0.15) is 44.5 Å². The van der Waals surface area contributed by atoms with E-state index >= 15 is 0 Å². The Labute approximate surface area is 108 Å². The highest BCUT2D eigenvalue weighted by atomic mass is 16.5. The molecule has 1 aromatic rings. The van der Waals surface area contributed by atoms with Crippen LogP contribution in [0.25, 0.3) is 0 Å². The molecule has 1 heterocycles. The normalized spacial score (nSPS) is 12.8. The first-order valence-electron chi connectivity index (χ1n) is 6.44. The summed E-state index contributed by atoms with van der Waals surface area (Å²) in [6.07, 6.45) is 2.00. The molecule has 18 heavy (non-hydrogen) atoms. The summed E-state index contributed by atoms with van der Waals surface area (Å²) in [6, 6.07) is 0.130. The molecule has 6 nitrogen and oxygen atoms in total. The van der Waals surface area contributed by atoms with Crippen LogP contribution >= 0.6 is 0 Å². The van der Waals surface area contributed by atoms with E-state index < -0.39 is 0 Å². The summed E-state index contributed by atoms with van der Waals surface area (Å²) in [5.74, 6) is 1.15. The molecule has 0 radical (unpaired) electrons. The van der Waals surface area contributed by atoms with Gasteiger partial charge in [0.05, 0.1) is 19.3 Å². The summed E-state index contributed by atoms with van der Waals surface area (Å²) >= 11 is 0. The molecule has 1 aromatic heterocycles. The minimum absolute atomic E-state index is 0.130. The van der Waals surface area contributed by atoms with Crippen LogP contribution in [-0.2, 0) is 16.1 Å². The second-order valence-electron chi connectivity index (χ2n) is 3.99. The fraction of sp³-hybridized carbons (Fsp3) is 0.833. The monoisotopic (exact) mass is 257 g/mol. The van der Waals surface area contributed by atoms with E-state index in [4.69, 9.17) is 13.9 Å². The van der Waals surface area contributed by atoms with Crippen molar-refractivity contribution in [2.24, 2.45) is 0 Å². The summed E-state index contributed by atoms with van der Waals surface area (Å²) in [4.78, 5) is 0. The van der Waals surface area contributed by atoms with Gasteiger partial charge in [-0.05, 0) is 19.4 Å². The van der Waals surface area contributed by atoms with Crippen molar-refractivity contribution in [2.75, 3.05) is 26.9 Å². The van der Waals surface area contributed by atoms with Crippen molar-refractivity contribution >= 4 is 0 Å². The highest BCUT2D eigenvalue weighted by molar-refractivity contribution is 4.89. The molecule has 0 aromatic carbocycles. The van der Waals surface area contributed by atoms with Gasteiger partial charge in [0.25, 0.3) is 0 Å². The van der Waals surface area contributed by atoms with Crippen LogP contribution in [0, 0.1) is 0 Å². The lowest BCUT2D eigenvalue weighted by molar-refractivity contribution is 0.0510. The molecule has 1 N–H and O–H groups in total. The van der Waals surface area contributed by atoms with Crippen molar-refractivity contribution in [2.45, 2.75) is 39.3 Å². The van der Waals surface area contributed by atoms with Gasteiger partial charge in [-0.2, -0.15) is 0 Å². The van der Waals surface area contributed by atoms with Gasteiger partial charge in [-0.15, -0.1) is 10.2 Å². The van der Waals surface area contributed by atoms with Gasteiger partial charge in [0.1, 0.15) is 6.61 Å². The van der Waals surface area contributed by atoms with Gasteiger partial charge in [0, 0.05) is 7.11 Å². The van der Waals surface area contributed by atoms with E-state index in [1.165, 1.54) is 0 Å². The fourth-order valence-electron chi connectivity index (χ4n) is 1.49. The molecule has 0 amide bonds. The zero-order valence-electron chi connectivity index (χ0n) is 11.4. The number of rotatable bonds is 10. The Morgan fingerprint density at radius 1 is 1.28 bits per heavy atom. The number of methoxy groups -OCH3 is 1. The third-order valence-electron chi connectivity index (χ3n) is 2.49. The first kappa shape index (κ1) is 15.1. The summed E-state index contributed by atoms with van der Waals surface area (Å²) < 4.78 is 15.8. The van der Waals surface area contributed by atoms with Crippen molar-refractivity contribution < 1.29 is 13.9 Å². The molecule has 0 spiro atoms. The molecule has 1 atom stereocenters. The van der Waals surface area contributed by atoms with Gasteiger partial charge in [-0.1, -0.05) is 13.8 Å². The Kier molecular flexibility index (Phi) is 7.55. The van der Waals surface area contributed by atoms with E-state index in [0.717, 1.165) is 19.4 Å². The van der Waals surface area contributed by atoms with Crippen molar-refractivity contribution in [3.8, 4) is 0 Å². The topological polar surface area (TPSA) is 69.4 Å². The lowest BCUT2D eigenvalue weighted by Gasteiger charge is -2.11. The van der Waals surface area contributed by atoms with Gasteiger partial charge >= 0.3 is 0 Å². The van der Waals surface area contributed by atoms with Gasteiger partial charge in [0.15, 0.2) is 0 Å². The van der Waals surface area contributed by atoms with Crippen molar-refractivity contribution in [3.63, 3.8) is 0 Å². The van der Waals surface area contributed by atoms with E-state index in [0.29, 0.717) is 31.6 Å². The number of ether oxygens (including phenoxy) is 2. The van der Waals surface area contributed by atoms with Crippen molar-refractivity contribution in [1.29, 1.82) is 0 Å². The molecule has 6 heteroatoms. The Morgan fingerprint density at radius 2 is 2.11 bits per heavy atom. The highest BCUT2D eigenvalue weighted by Crippen LogP contribution is 2.15. The zero-order valence-corrected chi connectivity index (χ0v) is 11.4. The molecule has 0 bridgehead atoms. The maximum atomic E-state index is 5.56. The lowest BCUT2D eigenvalue weighted by Crippen LogP contribution is -2.21. The van der Waals surface area contributed by atoms with Gasteiger partial charge in [-0.3, -0.25) is 0 Å². The lowest BCUT2D eigenvalue weighted by atomic mass is 10.2. The standard InChI is InChI=1S/C12H23N3O3/c1-4-6-13-10(5-2)12-15-14-11(18-12)9-17-8-7-16-3/h10,13H,4-9H2,1-3H3. The molecule has 0 saturated carbocycles. The predicted octanol–water partition coefficient (Wildman–Crippen LogP) is 1.68. The smallest absolute Gasteiger partial charge is 0.242 e. The second-order valence-corrected chi connectivity index (χ2v) is 3.99. The molecule has 0 aliphatic heterocycles. The molecule has 0 saturated heterocycles. The van der Waals surface area contributed by atoms with E-state index in [9.17, 15) is 0 Å². The van der Waals surface area contributed by atoms with Crippen LogP contribution in [0.5, 0.6) is 0 Å². The summed E-state index contributed by atoms with van der Waals surface area (Å²) in [6.45, 7) is 6.59. The van der Waals surface area contributed by atoms with Crippen LogP contribution in [0.3, 0.4) is 0 Å². The van der Waals surface area contributed by atoms with E-state index in [1.807, 2.05) is 0 Å². The first-order valence-corrected chi connectivity index (χ1v) is 6.44. The maximum absolute atomic E-state index is 5.56. The Hall–Kier alpha value is -0.980. The molecule has 1 rings (SSSR count). The van der Waals surface area contributed by atoms with Crippen LogP contribution in [0.2, 0.25) is 0 Å². The zero-order chi connectivity index (χ0) is 13.2. The van der Waals surface area contributed by atoms with Crippen LogP contribution in [-0.4, -0.2) is 37.1 Å². The second kappa shape index (κ2) is 9.02. The third kappa shape index (κ3) is 5.12. The van der Waals surface area contributed by atoms with E-state index in [2.05, 4.69) is 29.4 Å². The summed E-state index contributed by atoms with van der Waals surface area (Å²) in [5.41, 5.74) is 0. The minimum atomic E-state index is 0.130. The Morgan fingerprint density at radius 3 is 2.78 bits per heavy atom. The van der Waals surface area contributed by atoms with E-state index in [-0.39, 0.29) is 6.04 Å². The van der Waals surface area contributed by atoms with Crippen LogP contribution in [0.4, 0.5) is 0 Å². The largest absolute Gasteiger partial charge is 0.421 e. The van der Waals surface area contributed by atoms with Crippen molar-refractivity contribution in [3.05, 3.63) is 11.8 Å². The molecule has 104 valence electrons. The van der Waals surface area contributed by atoms with Gasteiger partial charge < -0.3 is 19.2 Å². The number of hydrogen-bond donors (Lipinski definition) is 1. The average molecular weight is 257 g/mol. The third-order valence-corrected chi connectivity index (χ3v) is 2.49. The molecular formula is C12H23N3O3. The predicted molar refractivity (Wildman–Crippen MR) is 67.2 cm³/mol. The SMILES string of the molecule is CCCNC(CC)c1nnc(COCCOC)o1. The summed E-state index contributed by atoms with van der Waals surface area (Å²) in [7, 11) is 1.64. The maximum Gasteiger partial charge on any atom is 0.242 e.